The molecule has 3 aromatic rings. The van der Waals surface area contributed by atoms with Gasteiger partial charge in [-0.15, -0.1) is 11.3 Å². The predicted octanol–water partition coefficient (Wildman–Crippen LogP) is 4.40. The number of thiophene rings is 1. The Morgan fingerprint density at radius 2 is 1.50 bits per heavy atom. The summed E-state index contributed by atoms with van der Waals surface area (Å²) in [7, 11) is 0. The van der Waals surface area contributed by atoms with E-state index in [1.165, 1.54) is 12.1 Å². The van der Waals surface area contributed by atoms with Crippen molar-refractivity contribution in [3.63, 3.8) is 0 Å². The minimum Gasteiger partial charge on any atom is -0.391 e. The first-order valence-corrected chi connectivity index (χ1v) is 7.54. The number of rotatable bonds is 3. The van der Waals surface area contributed by atoms with Crippen LogP contribution in [0.5, 0.6) is 0 Å². The van der Waals surface area contributed by atoms with Gasteiger partial charge in [0.2, 0.25) is 0 Å². The molecule has 4 N–H and O–H groups in total. The van der Waals surface area contributed by atoms with Gasteiger partial charge in [0.05, 0.1) is 10.6 Å². The van der Waals surface area contributed by atoms with Gasteiger partial charge in [0.25, 0.3) is 0 Å². The molecule has 1 heterocycles. The van der Waals surface area contributed by atoms with E-state index >= 15 is 0 Å². The van der Waals surface area contributed by atoms with Crippen molar-refractivity contribution in [1.82, 2.24) is 0 Å². The second kappa shape index (κ2) is 5.87. The van der Waals surface area contributed by atoms with Gasteiger partial charge >= 0.3 is 0 Å². The van der Waals surface area contributed by atoms with Gasteiger partial charge in [-0.1, -0.05) is 24.3 Å². The maximum absolute atomic E-state index is 14.3. The van der Waals surface area contributed by atoms with Gasteiger partial charge in [0, 0.05) is 11.4 Å². The van der Waals surface area contributed by atoms with Crippen molar-refractivity contribution in [3.05, 3.63) is 65.7 Å². The van der Waals surface area contributed by atoms with Gasteiger partial charge in [-0.2, -0.15) is 0 Å². The number of halogens is 2. The zero-order chi connectivity index (χ0) is 15.7. The van der Waals surface area contributed by atoms with Gasteiger partial charge in [0.15, 0.2) is 0 Å². The Bertz CT molecular complexity index is 787. The molecule has 0 amide bonds. The van der Waals surface area contributed by atoms with Crippen LogP contribution >= 0.6 is 11.3 Å². The predicted molar refractivity (Wildman–Crippen MR) is 87.4 cm³/mol. The van der Waals surface area contributed by atoms with Crippen LogP contribution in [0.4, 0.5) is 13.8 Å². The minimum atomic E-state index is -0.597. The molecule has 2 aromatic carbocycles. The number of hydrogen-bond acceptors (Lipinski definition) is 3. The summed E-state index contributed by atoms with van der Waals surface area (Å²) >= 11 is 1.16. The standard InChI is InChI=1S/C17H14F2N2S/c18-13-7-12(11-3-1-10(9-20)2-4-11)8-14(19)17(13)15-5-6-16(21)22-15/h1-8H,9,20-21H2. The van der Waals surface area contributed by atoms with E-state index in [-0.39, 0.29) is 5.56 Å². The SMILES string of the molecule is NCc1ccc(-c2cc(F)c(-c3ccc(N)s3)c(F)c2)cc1. The van der Waals surface area contributed by atoms with Crippen molar-refractivity contribution in [1.29, 1.82) is 0 Å². The summed E-state index contributed by atoms with van der Waals surface area (Å²) in [5.41, 5.74) is 13.3. The van der Waals surface area contributed by atoms with Crippen LogP contribution in [0.3, 0.4) is 0 Å². The lowest BCUT2D eigenvalue weighted by Crippen LogP contribution is -1.95. The maximum Gasteiger partial charge on any atom is 0.135 e. The van der Waals surface area contributed by atoms with Gasteiger partial charge < -0.3 is 11.5 Å². The fraction of sp³-hybridized carbons (Fsp3) is 0.0588. The summed E-state index contributed by atoms with van der Waals surface area (Å²) in [5.74, 6) is -1.19. The average molecular weight is 316 g/mol. The second-order valence-electron chi connectivity index (χ2n) is 4.92. The van der Waals surface area contributed by atoms with E-state index in [2.05, 4.69) is 0 Å². The molecule has 0 fully saturated rings. The van der Waals surface area contributed by atoms with Crippen molar-refractivity contribution in [3.8, 4) is 21.6 Å². The Labute approximate surface area is 131 Å². The van der Waals surface area contributed by atoms with Crippen molar-refractivity contribution < 1.29 is 8.78 Å². The fourth-order valence-electron chi connectivity index (χ4n) is 2.30. The molecule has 1 aromatic heterocycles. The van der Waals surface area contributed by atoms with Crippen LogP contribution in [0, 0.1) is 11.6 Å². The summed E-state index contributed by atoms with van der Waals surface area (Å²) in [4.78, 5) is 0.484. The summed E-state index contributed by atoms with van der Waals surface area (Å²) in [6.45, 7) is 0.432. The number of benzene rings is 2. The normalized spacial score (nSPS) is 10.9. The highest BCUT2D eigenvalue weighted by atomic mass is 32.1. The van der Waals surface area contributed by atoms with Crippen LogP contribution in [0.1, 0.15) is 5.56 Å². The quantitative estimate of drug-likeness (QED) is 0.752. The highest BCUT2D eigenvalue weighted by Crippen LogP contribution is 2.35. The lowest BCUT2D eigenvalue weighted by atomic mass is 10.0. The monoisotopic (exact) mass is 316 g/mol. The molecule has 2 nitrogen and oxygen atoms in total. The number of hydrogen-bond donors (Lipinski definition) is 2. The van der Waals surface area contributed by atoms with Crippen LogP contribution in [0.25, 0.3) is 21.6 Å². The molecule has 0 saturated carbocycles. The van der Waals surface area contributed by atoms with Gasteiger partial charge in [-0.25, -0.2) is 8.78 Å². The zero-order valence-corrected chi connectivity index (χ0v) is 12.5. The molecule has 0 radical (unpaired) electrons. The van der Waals surface area contributed by atoms with E-state index in [1.807, 2.05) is 12.1 Å². The van der Waals surface area contributed by atoms with E-state index in [0.29, 0.717) is 22.0 Å². The molecular weight excluding hydrogens is 302 g/mol. The van der Waals surface area contributed by atoms with Crippen LogP contribution < -0.4 is 11.5 Å². The van der Waals surface area contributed by atoms with E-state index in [1.54, 1.807) is 24.3 Å². The molecule has 0 bridgehead atoms. The number of anilines is 1. The lowest BCUT2D eigenvalue weighted by Gasteiger charge is -2.08. The van der Waals surface area contributed by atoms with E-state index in [0.717, 1.165) is 22.5 Å². The third-order valence-corrected chi connectivity index (χ3v) is 4.37. The topological polar surface area (TPSA) is 52.0 Å². The van der Waals surface area contributed by atoms with E-state index in [9.17, 15) is 8.78 Å². The van der Waals surface area contributed by atoms with Crippen molar-refractivity contribution in [2.24, 2.45) is 5.73 Å². The lowest BCUT2D eigenvalue weighted by molar-refractivity contribution is 0.591. The molecule has 22 heavy (non-hydrogen) atoms. The van der Waals surface area contributed by atoms with Gasteiger partial charge in [-0.3, -0.25) is 0 Å². The Morgan fingerprint density at radius 3 is 2.00 bits per heavy atom. The molecule has 3 rings (SSSR count). The third-order valence-electron chi connectivity index (χ3n) is 3.44. The summed E-state index contributed by atoms with van der Waals surface area (Å²) in [6, 6.07) is 13.2. The minimum absolute atomic E-state index is 0.0379. The fourth-order valence-corrected chi connectivity index (χ4v) is 3.12. The van der Waals surface area contributed by atoms with Crippen LogP contribution in [-0.4, -0.2) is 0 Å². The Hall–Kier alpha value is -2.24. The maximum atomic E-state index is 14.3. The number of nitrogens with two attached hydrogens (primary N) is 2. The van der Waals surface area contributed by atoms with Crippen LogP contribution in [0.2, 0.25) is 0 Å². The molecule has 112 valence electrons. The Morgan fingerprint density at radius 1 is 0.864 bits per heavy atom. The highest BCUT2D eigenvalue weighted by molar-refractivity contribution is 7.19. The molecule has 0 spiro atoms. The molecule has 0 unspecified atom stereocenters. The summed E-state index contributed by atoms with van der Waals surface area (Å²) in [6.07, 6.45) is 0. The first-order chi connectivity index (χ1) is 10.6. The van der Waals surface area contributed by atoms with E-state index < -0.39 is 11.6 Å². The van der Waals surface area contributed by atoms with Crippen LogP contribution in [-0.2, 0) is 6.54 Å². The largest absolute Gasteiger partial charge is 0.391 e. The zero-order valence-electron chi connectivity index (χ0n) is 11.6. The first-order valence-electron chi connectivity index (χ1n) is 6.72. The Balaban J connectivity index is 2.05. The second-order valence-corrected chi connectivity index (χ2v) is 6.03. The highest BCUT2D eigenvalue weighted by Gasteiger charge is 2.15. The molecule has 0 aliphatic carbocycles. The van der Waals surface area contributed by atoms with Gasteiger partial charge in [0.1, 0.15) is 11.6 Å². The molecule has 0 aliphatic rings. The third kappa shape index (κ3) is 2.73. The van der Waals surface area contributed by atoms with Crippen LogP contribution in [0.15, 0.2) is 48.5 Å². The van der Waals surface area contributed by atoms with E-state index in [4.69, 9.17) is 11.5 Å². The average Bonchev–Trinajstić information content (AvgIpc) is 2.93. The number of nitrogen functional groups attached to an aromatic ring is 1. The molecular formula is C17H14F2N2S. The van der Waals surface area contributed by atoms with Crippen molar-refractivity contribution in [2.45, 2.75) is 6.54 Å². The first kappa shape index (κ1) is 14.7. The van der Waals surface area contributed by atoms with Gasteiger partial charge in [-0.05, 0) is 41.0 Å². The molecule has 0 atom stereocenters. The molecule has 5 heteroatoms. The molecule has 0 aliphatic heterocycles. The van der Waals surface area contributed by atoms with Crippen molar-refractivity contribution in [2.75, 3.05) is 5.73 Å². The summed E-state index contributed by atoms with van der Waals surface area (Å²) in [5, 5.41) is 0.523. The molecule has 0 saturated heterocycles. The smallest absolute Gasteiger partial charge is 0.135 e. The Kier molecular flexibility index (Phi) is 3.92. The van der Waals surface area contributed by atoms with Crippen molar-refractivity contribution >= 4 is 16.3 Å². The summed E-state index contributed by atoms with van der Waals surface area (Å²) < 4.78 is 28.7.